The molecule has 3 aliphatic rings. The summed E-state index contributed by atoms with van der Waals surface area (Å²) in [5.74, 6) is 0.627. The van der Waals surface area contributed by atoms with Crippen LogP contribution in [0.1, 0.15) is 142 Å². The Balaban J connectivity index is 0.000000290. The standard InChI is InChI=1S/C12H23NO.C12H22O2.C7H13NO2/c1-2-3-4-5-6-7-10-13-11-8-9-12(13)14;1-2-3-4-5-6-8-11-9-7-10-12(13)14-11;9-6-2-5-8-4-1-3-7(8)10/h2-11H2,1H3;11H,2-10H2,1H3;9H,1-6H2. The van der Waals surface area contributed by atoms with Gasteiger partial charge in [-0.25, -0.2) is 0 Å². The van der Waals surface area contributed by atoms with Gasteiger partial charge >= 0.3 is 5.97 Å². The van der Waals surface area contributed by atoms with Crippen molar-refractivity contribution in [1.82, 2.24) is 9.80 Å². The summed E-state index contributed by atoms with van der Waals surface area (Å²) in [7, 11) is 0. The molecule has 1 atom stereocenters. The van der Waals surface area contributed by atoms with Gasteiger partial charge in [0, 0.05) is 52.0 Å². The van der Waals surface area contributed by atoms with Crippen LogP contribution in [0.25, 0.3) is 0 Å². The molecule has 0 aromatic heterocycles. The van der Waals surface area contributed by atoms with Crippen LogP contribution in [0.15, 0.2) is 0 Å². The van der Waals surface area contributed by atoms with Crippen LogP contribution in [-0.4, -0.2) is 71.6 Å². The summed E-state index contributed by atoms with van der Waals surface area (Å²) in [4.78, 5) is 37.0. The number of carbonyl (C=O) groups excluding carboxylic acids is 3. The second-order valence-corrected chi connectivity index (χ2v) is 11.0. The first kappa shape index (κ1) is 34.4. The minimum atomic E-state index is 0.00908. The van der Waals surface area contributed by atoms with Crippen LogP contribution in [0.4, 0.5) is 0 Å². The fraction of sp³-hybridized carbons (Fsp3) is 0.903. The molecule has 3 saturated heterocycles. The van der Waals surface area contributed by atoms with E-state index in [0.717, 1.165) is 64.7 Å². The van der Waals surface area contributed by atoms with Gasteiger partial charge in [0.05, 0.1) is 0 Å². The SMILES string of the molecule is CCCCCCCC1CCCC(=O)O1.CCCCCCCCN1CCCC1=O.O=C1CCCN1CCCO. The van der Waals surface area contributed by atoms with E-state index in [1.807, 2.05) is 9.80 Å². The Bertz CT molecular complexity index is 627. The molecule has 0 aromatic rings. The van der Waals surface area contributed by atoms with Gasteiger partial charge in [0.2, 0.25) is 11.8 Å². The van der Waals surface area contributed by atoms with E-state index in [4.69, 9.17) is 9.84 Å². The molecular formula is C31H58N2O5. The van der Waals surface area contributed by atoms with E-state index in [0.29, 0.717) is 25.2 Å². The van der Waals surface area contributed by atoms with Crippen LogP contribution >= 0.6 is 0 Å². The first-order chi connectivity index (χ1) is 18.5. The van der Waals surface area contributed by atoms with Gasteiger partial charge < -0.3 is 19.6 Å². The van der Waals surface area contributed by atoms with Crippen molar-refractivity contribution in [2.24, 2.45) is 0 Å². The molecule has 1 N–H and O–H groups in total. The Labute approximate surface area is 233 Å². The van der Waals surface area contributed by atoms with Crippen LogP contribution in [0, 0.1) is 0 Å². The molecule has 7 heteroatoms. The number of amides is 2. The van der Waals surface area contributed by atoms with Gasteiger partial charge in [0.15, 0.2) is 0 Å². The Hall–Kier alpha value is -1.63. The van der Waals surface area contributed by atoms with Crippen molar-refractivity contribution in [2.45, 2.75) is 148 Å². The summed E-state index contributed by atoms with van der Waals surface area (Å²) in [6.07, 6.45) is 22.7. The molecular weight excluding hydrogens is 480 g/mol. The molecule has 0 saturated carbocycles. The number of hydrogen-bond donors (Lipinski definition) is 1. The first-order valence-corrected chi connectivity index (χ1v) is 15.9. The highest BCUT2D eigenvalue weighted by molar-refractivity contribution is 5.78. The zero-order valence-corrected chi connectivity index (χ0v) is 24.7. The predicted octanol–water partition coefficient (Wildman–Crippen LogP) is 6.40. The zero-order chi connectivity index (χ0) is 27.8. The van der Waals surface area contributed by atoms with Crippen molar-refractivity contribution in [3.05, 3.63) is 0 Å². The van der Waals surface area contributed by atoms with Crippen LogP contribution in [0.2, 0.25) is 0 Å². The van der Waals surface area contributed by atoms with Gasteiger partial charge in [-0.1, -0.05) is 71.6 Å². The average molecular weight is 539 g/mol. The minimum Gasteiger partial charge on any atom is -0.462 e. The van der Waals surface area contributed by atoms with Gasteiger partial charge in [-0.3, -0.25) is 14.4 Å². The van der Waals surface area contributed by atoms with E-state index in [-0.39, 0.29) is 24.6 Å². The lowest BCUT2D eigenvalue weighted by Crippen LogP contribution is -2.26. The average Bonchev–Trinajstić information content (AvgIpc) is 3.52. The molecule has 0 bridgehead atoms. The van der Waals surface area contributed by atoms with E-state index >= 15 is 0 Å². The monoisotopic (exact) mass is 538 g/mol. The van der Waals surface area contributed by atoms with Gasteiger partial charge in [-0.05, 0) is 51.4 Å². The number of cyclic esters (lactones) is 1. The number of ether oxygens (including phenoxy) is 1. The number of unbranched alkanes of at least 4 members (excludes halogenated alkanes) is 9. The van der Waals surface area contributed by atoms with E-state index in [1.54, 1.807) is 0 Å². The maximum atomic E-state index is 11.3. The van der Waals surface area contributed by atoms with Crippen molar-refractivity contribution in [2.75, 3.05) is 32.8 Å². The Morgan fingerprint density at radius 3 is 1.71 bits per heavy atom. The Morgan fingerprint density at radius 2 is 1.21 bits per heavy atom. The topological polar surface area (TPSA) is 87.2 Å². The lowest BCUT2D eigenvalue weighted by atomic mass is 10.0. The molecule has 222 valence electrons. The molecule has 7 nitrogen and oxygen atoms in total. The van der Waals surface area contributed by atoms with Crippen molar-refractivity contribution in [1.29, 1.82) is 0 Å². The number of esters is 1. The van der Waals surface area contributed by atoms with Crippen molar-refractivity contribution in [3.63, 3.8) is 0 Å². The molecule has 0 radical (unpaired) electrons. The van der Waals surface area contributed by atoms with Crippen LogP contribution in [-0.2, 0) is 19.1 Å². The number of aliphatic hydroxyl groups is 1. The summed E-state index contributed by atoms with van der Waals surface area (Å²) in [5.41, 5.74) is 0. The summed E-state index contributed by atoms with van der Waals surface area (Å²) >= 11 is 0. The highest BCUT2D eigenvalue weighted by Crippen LogP contribution is 2.19. The second kappa shape index (κ2) is 23.3. The van der Waals surface area contributed by atoms with Crippen molar-refractivity contribution in [3.8, 4) is 0 Å². The molecule has 3 aliphatic heterocycles. The smallest absolute Gasteiger partial charge is 0.306 e. The minimum absolute atomic E-state index is 0.00908. The van der Waals surface area contributed by atoms with Crippen molar-refractivity contribution < 1.29 is 24.2 Å². The maximum Gasteiger partial charge on any atom is 0.306 e. The molecule has 38 heavy (non-hydrogen) atoms. The molecule has 2 amide bonds. The third kappa shape index (κ3) is 17.1. The fourth-order valence-corrected chi connectivity index (χ4v) is 5.18. The summed E-state index contributed by atoms with van der Waals surface area (Å²) in [6, 6.07) is 0. The Kier molecular flexibility index (Phi) is 21.1. The van der Waals surface area contributed by atoms with Crippen LogP contribution in [0.5, 0.6) is 0 Å². The molecule has 0 aromatic carbocycles. The number of aliphatic hydroxyl groups excluding tert-OH is 1. The lowest BCUT2D eigenvalue weighted by molar-refractivity contribution is -0.154. The highest BCUT2D eigenvalue weighted by atomic mass is 16.5. The molecule has 3 heterocycles. The molecule has 3 rings (SSSR count). The Morgan fingerprint density at radius 1 is 0.684 bits per heavy atom. The molecule has 0 spiro atoms. The second-order valence-electron chi connectivity index (χ2n) is 11.0. The van der Waals surface area contributed by atoms with Crippen LogP contribution in [0.3, 0.4) is 0 Å². The molecule has 0 aliphatic carbocycles. The normalized spacial score (nSPS) is 19.1. The summed E-state index contributed by atoms with van der Waals surface area (Å²) in [5, 5.41) is 8.47. The number of carbonyl (C=O) groups is 3. The summed E-state index contributed by atoms with van der Waals surface area (Å²) < 4.78 is 5.25. The lowest BCUT2D eigenvalue weighted by Gasteiger charge is -2.21. The quantitative estimate of drug-likeness (QED) is 0.181. The van der Waals surface area contributed by atoms with E-state index in [9.17, 15) is 14.4 Å². The fourth-order valence-electron chi connectivity index (χ4n) is 5.18. The van der Waals surface area contributed by atoms with Crippen LogP contribution < -0.4 is 0 Å². The van der Waals surface area contributed by atoms with E-state index in [2.05, 4.69) is 13.8 Å². The third-order valence-electron chi connectivity index (χ3n) is 7.55. The van der Waals surface area contributed by atoms with Gasteiger partial charge in [0.1, 0.15) is 6.10 Å². The van der Waals surface area contributed by atoms with Gasteiger partial charge in [-0.15, -0.1) is 0 Å². The van der Waals surface area contributed by atoms with E-state index < -0.39 is 0 Å². The first-order valence-electron chi connectivity index (χ1n) is 15.9. The number of rotatable bonds is 16. The highest BCUT2D eigenvalue weighted by Gasteiger charge is 2.20. The predicted molar refractivity (Wildman–Crippen MR) is 154 cm³/mol. The number of likely N-dealkylation sites (tertiary alicyclic amines) is 2. The summed E-state index contributed by atoms with van der Waals surface area (Å²) in [6.45, 7) is 8.28. The van der Waals surface area contributed by atoms with Crippen molar-refractivity contribution >= 4 is 17.8 Å². The van der Waals surface area contributed by atoms with Gasteiger partial charge in [-0.2, -0.15) is 0 Å². The van der Waals surface area contributed by atoms with E-state index in [1.165, 1.54) is 70.6 Å². The third-order valence-corrected chi connectivity index (χ3v) is 7.55. The maximum absolute atomic E-state index is 11.3. The number of nitrogens with zero attached hydrogens (tertiary/aromatic N) is 2. The van der Waals surface area contributed by atoms with Gasteiger partial charge in [0.25, 0.3) is 0 Å². The molecule has 3 fully saturated rings. The molecule has 1 unspecified atom stereocenters. The number of hydrogen-bond acceptors (Lipinski definition) is 5. The largest absolute Gasteiger partial charge is 0.462 e. The zero-order valence-electron chi connectivity index (χ0n) is 24.7.